The van der Waals surface area contributed by atoms with Gasteiger partial charge in [0.1, 0.15) is 11.5 Å². The molecule has 0 bridgehead atoms. The largest absolute Gasteiger partial charge is 0.492 e. The number of anilines is 1. The van der Waals surface area contributed by atoms with Crippen molar-refractivity contribution in [1.82, 2.24) is 0 Å². The van der Waals surface area contributed by atoms with E-state index in [4.69, 9.17) is 10.5 Å². The second kappa shape index (κ2) is 5.68. The molecule has 2 N–H and O–H groups in total. The van der Waals surface area contributed by atoms with Gasteiger partial charge in [-0.3, -0.25) is 0 Å². The van der Waals surface area contributed by atoms with Crippen molar-refractivity contribution in [2.75, 3.05) is 12.3 Å². The zero-order chi connectivity index (χ0) is 15.6. The third kappa shape index (κ3) is 4.10. The summed E-state index contributed by atoms with van der Waals surface area (Å²) in [6.45, 7) is 1.73. The predicted molar refractivity (Wildman–Crippen MR) is 58.5 cm³/mol. The predicted octanol–water partition coefficient (Wildman–Crippen LogP) is 3.54. The van der Waals surface area contributed by atoms with Crippen molar-refractivity contribution in [3.8, 4) is 11.5 Å². The highest BCUT2D eigenvalue weighted by Crippen LogP contribution is 2.37. The van der Waals surface area contributed by atoms with Crippen molar-refractivity contribution in [2.45, 2.75) is 25.4 Å². The molecule has 3 nitrogen and oxygen atoms in total. The van der Waals surface area contributed by atoms with Crippen LogP contribution in [0.4, 0.5) is 32.0 Å². The third-order valence-electron chi connectivity index (χ3n) is 2.13. The van der Waals surface area contributed by atoms with Gasteiger partial charge in [-0.05, 0) is 19.1 Å². The van der Waals surface area contributed by atoms with Gasteiger partial charge in [-0.1, -0.05) is 0 Å². The van der Waals surface area contributed by atoms with Crippen LogP contribution in [0.15, 0.2) is 18.2 Å². The number of hydrogen-bond acceptors (Lipinski definition) is 3. The van der Waals surface area contributed by atoms with E-state index in [1.165, 1.54) is 0 Å². The van der Waals surface area contributed by atoms with E-state index in [1.807, 2.05) is 0 Å². The monoisotopic (exact) mass is 303 g/mol. The number of ether oxygens (including phenoxy) is 2. The first-order valence-corrected chi connectivity index (χ1v) is 5.38. The van der Waals surface area contributed by atoms with Crippen LogP contribution in [-0.2, 0) is 0 Å². The molecule has 0 amide bonds. The molecule has 114 valence electrons. The molecule has 0 saturated carbocycles. The summed E-state index contributed by atoms with van der Waals surface area (Å²) in [6, 6.07) is 2.88. The SMILES string of the molecule is CCOc1cc(OC(C(F)(F)F)C(F)(F)F)ccc1N. The zero-order valence-corrected chi connectivity index (χ0v) is 10.2. The van der Waals surface area contributed by atoms with Gasteiger partial charge in [0.2, 0.25) is 0 Å². The van der Waals surface area contributed by atoms with Gasteiger partial charge in [0.05, 0.1) is 12.3 Å². The summed E-state index contributed by atoms with van der Waals surface area (Å²) in [5, 5.41) is 0. The van der Waals surface area contributed by atoms with Crippen LogP contribution in [0, 0.1) is 0 Å². The molecule has 0 aliphatic rings. The summed E-state index contributed by atoms with van der Waals surface area (Å²) in [4.78, 5) is 0. The minimum absolute atomic E-state index is 0.0481. The topological polar surface area (TPSA) is 44.5 Å². The van der Waals surface area contributed by atoms with Crippen molar-refractivity contribution in [1.29, 1.82) is 0 Å². The second-order valence-electron chi connectivity index (χ2n) is 3.71. The average molecular weight is 303 g/mol. The molecule has 0 fully saturated rings. The van der Waals surface area contributed by atoms with Crippen LogP contribution in [0.5, 0.6) is 11.5 Å². The van der Waals surface area contributed by atoms with Crippen molar-refractivity contribution in [2.24, 2.45) is 0 Å². The van der Waals surface area contributed by atoms with Crippen LogP contribution < -0.4 is 15.2 Å². The Morgan fingerprint density at radius 1 is 1.10 bits per heavy atom. The zero-order valence-electron chi connectivity index (χ0n) is 10.2. The van der Waals surface area contributed by atoms with E-state index in [9.17, 15) is 26.3 Å². The summed E-state index contributed by atoms with van der Waals surface area (Å²) in [6.07, 6.45) is -15.1. The fraction of sp³-hybridized carbons (Fsp3) is 0.455. The standard InChI is InChI=1S/C11H11F6NO2/c1-2-19-8-5-6(3-4-7(8)18)20-9(10(12,13)14)11(15,16)17/h3-5,9H,2,18H2,1H3. The molecule has 20 heavy (non-hydrogen) atoms. The van der Waals surface area contributed by atoms with Gasteiger partial charge in [-0.2, -0.15) is 26.3 Å². The number of nitrogens with two attached hydrogens (primary N) is 1. The Labute approximate surface area is 110 Å². The minimum atomic E-state index is -5.58. The Kier molecular flexibility index (Phi) is 4.61. The highest BCUT2D eigenvalue weighted by molar-refractivity contribution is 5.55. The fourth-order valence-electron chi connectivity index (χ4n) is 1.32. The fourth-order valence-corrected chi connectivity index (χ4v) is 1.32. The minimum Gasteiger partial charge on any atom is -0.492 e. The lowest BCUT2D eigenvalue weighted by Crippen LogP contribution is -2.46. The first-order chi connectivity index (χ1) is 9.05. The third-order valence-corrected chi connectivity index (χ3v) is 2.13. The quantitative estimate of drug-likeness (QED) is 0.683. The number of benzene rings is 1. The lowest BCUT2D eigenvalue weighted by molar-refractivity contribution is -0.299. The Hall–Kier alpha value is -1.80. The van der Waals surface area contributed by atoms with E-state index in [0.717, 1.165) is 18.2 Å². The van der Waals surface area contributed by atoms with Crippen LogP contribution in [0.1, 0.15) is 6.92 Å². The lowest BCUT2D eigenvalue weighted by atomic mass is 10.2. The normalized spacial score (nSPS) is 12.6. The van der Waals surface area contributed by atoms with Crippen molar-refractivity contribution in [3.05, 3.63) is 18.2 Å². The number of alkyl halides is 6. The van der Waals surface area contributed by atoms with E-state index in [1.54, 1.807) is 6.92 Å². The highest BCUT2D eigenvalue weighted by atomic mass is 19.4. The van der Waals surface area contributed by atoms with Gasteiger partial charge in [0, 0.05) is 6.07 Å². The maximum atomic E-state index is 12.3. The van der Waals surface area contributed by atoms with E-state index in [0.29, 0.717) is 0 Å². The number of nitrogen functional groups attached to an aromatic ring is 1. The molecule has 0 heterocycles. The van der Waals surface area contributed by atoms with Gasteiger partial charge in [-0.15, -0.1) is 0 Å². The maximum Gasteiger partial charge on any atom is 0.434 e. The smallest absolute Gasteiger partial charge is 0.434 e. The molecule has 0 saturated heterocycles. The molecule has 0 atom stereocenters. The van der Waals surface area contributed by atoms with E-state index >= 15 is 0 Å². The van der Waals surface area contributed by atoms with Gasteiger partial charge in [0.25, 0.3) is 6.10 Å². The summed E-state index contributed by atoms with van der Waals surface area (Å²) in [5.41, 5.74) is 5.53. The average Bonchev–Trinajstić information content (AvgIpc) is 2.27. The first kappa shape index (κ1) is 16.3. The van der Waals surface area contributed by atoms with Crippen molar-refractivity contribution in [3.63, 3.8) is 0 Å². The van der Waals surface area contributed by atoms with Crippen LogP contribution in [0.25, 0.3) is 0 Å². The summed E-state index contributed by atoms with van der Waals surface area (Å²) < 4.78 is 82.9. The first-order valence-electron chi connectivity index (χ1n) is 5.38. The van der Waals surface area contributed by atoms with Gasteiger partial charge >= 0.3 is 12.4 Å². The van der Waals surface area contributed by atoms with Gasteiger partial charge in [0.15, 0.2) is 0 Å². The van der Waals surface area contributed by atoms with Gasteiger partial charge < -0.3 is 15.2 Å². The van der Waals surface area contributed by atoms with Crippen LogP contribution in [0.3, 0.4) is 0 Å². The molecule has 0 aromatic heterocycles. The van der Waals surface area contributed by atoms with Gasteiger partial charge in [-0.25, -0.2) is 0 Å². The van der Waals surface area contributed by atoms with E-state index in [2.05, 4.69) is 4.74 Å². The number of halogens is 6. The summed E-state index contributed by atoms with van der Waals surface area (Å²) >= 11 is 0. The summed E-state index contributed by atoms with van der Waals surface area (Å²) in [7, 11) is 0. The van der Waals surface area contributed by atoms with Crippen molar-refractivity contribution < 1.29 is 35.8 Å². The van der Waals surface area contributed by atoms with Crippen LogP contribution in [-0.4, -0.2) is 25.1 Å². The Morgan fingerprint density at radius 2 is 1.65 bits per heavy atom. The van der Waals surface area contributed by atoms with Crippen LogP contribution >= 0.6 is 0 Å². The van der Waals surface area contributed by atoms with E-state index in [-0.39, 0.29) is 18.0 Å². The number of rotatable bonds is 4. The van der Waals surface area contributed by atoms with Crippen LogP contribution in [0.2, 0.25) is 0 Å². The lowest BCUT2D eigenvalue weighted by Gasteiger charge is -2.24. The molecule has 0 unspecified atom stereocenters. The molecule has 0 radical (unpaired) electrons. The molecule has 0 spiro atoms. The second-order valence-corrected chi connectivity index (χ2v) is 3.71. The highest BCUT2D eigenvalue weighted by Gasteiger charge is 2.59. The molecule has 1 rings (SSSR count). The molecule has 0 aliphatic carbocycles. The molecular formula is C11H11F6NO2. The molecular weight excluding hydrogens is 292 g/mol. The maximum absolute atomic E-state index is 12.3. The molecule has 1 aromatic rings. The molecule has 1 aromatic carbocycles. The summed E-state index contributed by atoms with van der Waals surface area (Å²) in [5.74, 6) is -0.685. The molecule has 0 aliphatic heterocycles. The number of hydrogen-bond donors (Lipinski definition) is 1. The van der Waals surface area contributed by atoms with Crippen molar-refractivity contribution >= 4 is 5.69 Å². The molecule has 9 heteroatoms. The van der Waals surface area contributed by atoms with E-state index < -0.39 is 24.2 Å². The Balaban J connectivity index is 3.03. The Morgan fingerprint density at radius 3 is 2.10 bits per heavy atom. The Bertz CT molecular complexity index is 443.